The number of carbonyl (C=O) groups excluding carboxylic acids is 1. The summed E-state index contributed by atoms with van der Waals surface area (Å²) in [5.41, 5.74) is 1.11. The van der Waals surface area contributed by atoms with E-state index in [9.17, 15) is 4.79 Å². The van der Waals surface area contributed by atoms with Crippen LogP contribution < -0.4 is 4.90 Å². The highest BCUT2D eigenvalue weighted by atomic mass is 32.2. The molecular formula is C18H22N6OS. The van der Waals surface area contributed by atoms with Crippen LogP contribution in [0.25, 0.3) is 0 Å². The largest absolute Gasteiger partial charge is 0.338 e. The molecule has 6 rings (SSSR count). The lowest BCUT2D eigenvalue weighted by atomic mass is 9.94. The van der Waals surface area contributed by atoms with Crippen molar-refractivity contribution < 1.29 is 4.79 Å². The predicted octanol–water partition coefficient (Wildman–Crippen LogP) is 1.55. The van der Waals surface area contributed by atoms with E-state index in [0.717, 1.165) is 56.0 Å². The highest BCUT2D eigenvalue weighted by Crippen LogP contribution is 2.34. The van der Waals surface area contributed by atoms with Crippen molar-refractivity contribution in [3.8, 4) is 0 Å². The summed E-state index contributed by atoms with van der Waals surface area (Å²) < 4.78 is 0. The fraction of sp³-hybridized carbons (Fsp3) is 0.556. The Labute approximate surface area is 157 Å². The molecule has 1 aromatic rings. The van der Waals surface area contributed by atoms with Gasteiger partial charge in [0.2, 0.25) is 11.9 Å². The van der Waals surface area contributed by atoms with E-state index >= 15 is 0 Å². The second-order valence-corrected chi connectivity index (χ2v) is 8.15. The number of amidine groups is 1. The number of carbonyl (C=O) groups is 1. The monoisotopic (exact) mass is 370 g/mol. The van der Waals surface area contributed by atoms with Crippen LogP contribution >= 0.6 is 11.8 Å². The number of aliphatic imine (C=N–C) groups is 1. The number of piperidine rings is 1. The van der Waals surface area contributed by atoms with Gasteiger partial charge in [-0.25, -0.2) is 9.97 Å². The molecule has 0 aliphatic carbocycles. The van der Waals surface area contributed by atoms with E-state index in [1.54, 1.807) is 24.2 Å². The minimum Gasteiger partial charge on any atom is -0.338 e. The summed E-state index contributed by atoms with van der Waals surface area (Å²) in [5, 5.41) is 3.15. The first-order chi connectivity index (χ1) is 12.8. The third-order valence-corrected chi connectivity index (χ3v) is 6.60. The van der Waals surface area contributed by atoms with Gasteiger partial charge in [-0.1, -0.05) is 11.8 Å². The average Bonchev–Trinajstić information content (AvgIpc) is 3.16. The average molecular weight is 370 g/mol. The van der Waals surface area contributed by atoms with Gasteiger partial charge < -0.3 is 14.7 Å². The maximum atomic E-state index is 13.1. The molecule has 0 spiro atoms. The number of nitrogens with zero attached hydrogens (tertiary/aromatic N) is 6. The number of hydrogen-bond donors (Lipinski definition) is 0. The number of amides is 1. The molecule has 7 nitrogen and oxygen atoms in total. The van der Waals surface area contributed by atoms with E-state index in [2.05, 4.69) is 35.1 Å². The Morgan fingerprint density at radius 3 is 2.96 bits per heavy atom. The van der Waals surface area contributed by atoms with Crippen LogP contribution in [0.3, 0.4) is 0 Å². The number of anilines is 1. The van der Waals surface area contributed by atoms with Gasteiger partial charge >= 0.3 is 0 Å². The SMILES string of the molecule is O=C(CC1=CSC2=NCCN12)N1C[C@H]2CC[C@@H]1CN(c1ncccn1)C2. The van der Waals surface area contributed by atoms with Gasteiger partial charge in [-0.05, 0) is 30.2 Å². The van der Waals surface area contributed by atoms with Gasteiger partial charge in [-0.2, -0.15) is 0 Å². The first-order valence-corrected chi connectivity index (χ1v) is 10.1. The highest BCUT2D eigenvalue weighted by Gasteiger charge is 2.39. The van der Waals surface area contributed by atoms with Crippen molar-refractivity contribution in [1.82, 2.24) is 19.8 Å². The Bertz CT molecular complexity index is 766. The van der Waals surface area contributed by atoms with Crippen LogP contribution in [0.4, 0.5) is 5.95 Å². The Morgan fingerprint density at radius 1 is 1.19 bits per heavy atom. The van der Waals surface area contributed by atoms with Crippen LogP contribution in [0, 0.1) is 5.92 Å². The topological polar surface area (TPSA) is 64.9 Å². The van der Waals surface area contributed by atoms with Gasteiger partial charge in [-0.3, -0.25) is 9.79 Å². The number of rotatable bonds is 3. The zero-order chi connectivity index (χ0) is 17.5. The molecule has 0 unspecified atom stereocenters. The van der Waals surface area contributed by atoms with Gasteiger partial charge in [0, 0.05) is 50.3 Å². The molecule has 5 aliphatic rings. The Kier molecular flexibility index (Phi) is 4.07. The molecule has 136 valence electrons. The molecule has 2 atom stereocenters. The van der Waals surface area contributed by atoms with E-state index in [-0.39, 0.29) is 11.9 Å². The highest BCUT2D eigenvalue weighted by molar-refractivity contribution is 8.16. The predicted molar refractivity (Wildman–Crippen MR) is 102 cm³/mol. The Morgan fingerprint density at radius 2 is 2.08 bits per heavy atom. The maximum absolute atomic E-state index is 13.1. The molecule has 0 aromatic carbocycles. The minimum absolute atomic E-state index is 0.246. The number of aromatic nitrogens is 2. The van der Waals surface area contributed by atoms with Crippen molar-refractivity contribution in [2.75, 3.05) is 37.6 Å². The molecule has 1 aromatic heterocycles. The molecule has 26 heavy (non-hydrogen) atoms. The normalized spacial score (nSPS) is 27.3. The van der Waals surface area contributed by atoms with Crippen LogP contribution in [-0.2, 0) is 4.79 Å². The third kappa shape index (κ3) is 2.86. The van der Waals surface area contributed by atoms with Gasteiger partial charge in [-0.15, -0.1) is 0 Å². The molecular weight excluding hydrogens is 348 g/mol. The fourth-order valence-electron chi connectivity index (χ4n) is 4.38. The molecule has 3 saturated heterocycles. The molecule has 2 bridgehead atoms. The van der Waals surface area contributed by atoms with Gasteiger partial charge in [0.1, 0.15) is 0 Å². The van der Waals surface area contributed by atoms with Gasteiger partial charge in [0.25, 0.3) is 0 Å². The third-order valence-electron chi connectivity index (χ3n) is 5.65. The second kappa shape index (κ2) is 6.57. The number of hydrogen-bond acceptors (Lipinski definition) is 7. The first kappa shape index (κ1) is 16.1. The Balaban J connectivity index is 1.30. The van der Waals surface area contributed by atoms with E-state index in [1.165, 1.54) is 6.42 Å². The van der Waals surface area contributed by atoms with Crippen LogP contribution in [0.1, 0.15) is 19.3 Å². The summed E-state index contributed by atoms with van der Waals surface area (Å²) in [4.78, 5) is 33.0. The molecule has 8 heteroatoms. The Hall–Kier alpha value is -2.09. The van der Waals surface area contributed by atoms with Crippen molar-refractivity contribution >= 4 is 28.8 Å². The summed E-state index contributed by atoms with van der Waals surface area (Å²) in [6.07, 6.45) is 6.31. The van der Waals surface area contributed by atoms with Gasteiger partial charge in [0.15, 0.2) is 5.17 Å². The molecule has 1 amide bonds. The smallest absolute Gasteiger partial charge is 0.228 e. The summed E-state index contributed by atoms with van der Waals surface area (Å²) in [7, 11) is 0. The first-order valence-electron chi connectivity index (χ1n) is 9.27. The molecule has 0 N–H and O–H groups in total. The van der Waals surface area contributed by atoms with E-state index in [4.69, 9.17) is 0 Å². The van der Waals surface area contributed by atoms with Crippen LogP contribution in [0.2, 0.25) is 0 Å². The summed E-state index contributed by atoms with van der Waals surface area (Å²) in [6.45, 7) is 4.37. The van der Waals surface area contributed by atoms with Crippen LogP contribution in [0.15, 0.2) is 34.6 Å². The lowest BCUT2D eigenvalue weighted by Gasteiger charge is -2.36. The number of thioether (sulfide) groups is 1. The standard InChI is InChI=1S/C18H22N6OS/c25-16(8-15-12-26-18-21-6-7-23(15)18)24-10-13-2-3-14(24)11-22(9-13)17-19-4-1-5-20-17/h1,4-5,12-14H,2-3,6-11H2/t13-,14+/m0/s1. The summed E-state index contributed by atoms with van der Waals surface area (Å²) in [5.74, 6) is 1.53. The lowest BCUT2D eigenvalue weighted by molar-refractivity contribution is -0.134. The zero-order valence-corrected chi connectivity index (χ0v) is 15.4. The van der Waals surface area contributed by atoms with Crippen molar-refractivity contribution in [3.63, 3.8) is 0 Å². The summed E-state index contributed by atoms with van der Waals surface area (Å²) >= 11 is 1.65. The van der Waals surface area contributed by atoms with E-state index in [1.807, 2.05) is 6.07 Å². The van der Waals surface area contributed by atoms with E-state index in [0.29, 0.717) is 12.3 Å². The fourth-order valence-corrected chi connectivity index (χ4v) is 5.33. The lowest BCUT2D eigenvalue weighted by Crippen LogP contribution is -2.47. The van der Waals surface area contributed by atoms with Crippen LogP contribution in [-0.4, -0.2) is 69.6 Å². The van der Waals surface area contributed by atoms with Crippen molar-refractivity contribution in [2.45, 2.75) is 25.3 Å². The van der Waals surface area contributed by atoms with Crippen molar-refractivity contribution in [1.29, 1.82) is 0 Å². The minimum atomic E-state index is 0.246. The summed E-state index contributed by atoms with van der Waals surface area (Å²) in [6, 6.07) is 2.10. The zero-order valence-electron chi connectivity index (χ0n) is 14.6. The number of fused-ring (bicyclic) bond motifs is 5. The quantitative estimate of drug-likeness (QED) is 0.804. The molecule has 3 fully saturated rings. The molecule has 0 saturated carbocycles. The van der Waals surface area contributed by atoms with Crippen LogP contribution in [0.5, 0.6) is 0 Å². The second-order valence-electron chi connectivity index (χ2n) is 7.32. The van der Waals surface area contributed by atoms with Crippen molar-refractivity contribution in [3.05, 3.63) is 29.6 Å². The molecule has 5 aliphatic heterocycles. The van der Waals surface area contributed by atoms with Crippen molar-refractivity contribution in [2.24, 2.45) is 10.9 Å². The maximum Gasteiger partial charge on any atom is 0.228 e. The van der Waals surface area contributed by atoms with E-state index < -0.39 is 0 Å². The molecule has 6 heterocycles. The van der Waals surface area contributed by atoms with Gasteiger partial charge in [0.05, 0.1) is 13.0 Å². The molecule has 0 radical (unpaired) electrons.